The molecule has 2 aliphatic carbocycles. The van der Waals surface area contributed by atoms with E-state index in [2.05, 4.69) is 34.3 Å². The number of nitrogens with zero attached hydrogens (tertiary/aromatic N) is 4. The quantitative estimate of drug-likeness (QED) is 0.303. The fourth-order valence-corrected chi connectivity index (χ4v) is 6.03. The number of alkyl halides is 3. The van der Waals surface area contributed by atoms with Crippen LogP contribution < -0.4 is 0 Å². The molecule has 1 saturated heterocycles. The fourth-order valence-electron chi connectivity index (χ4n) is 6.03. The standard InChI is InChI=1S/C33H33F3N4O4/c1-20(21-9-11-22(12-10-21)23-15-17-39(18-16-23)31(41)24-13-14-24)44-28-7-3-2-5-25(28)27-6-4-8-29(38-27)40-30(33(34,35)36)26(19-37-40)32(42)43/h2-4,6-12,19-20,23-25H,5,13-18H2,1H3,(H,42,43). The molecule has 2 unspecified atom stereocenters. The van der Waals surface area contributed by atoms with Crippen LogP contribution >= 0.6 is 0 Å². The van der Waals surface area contributed by atoms with Crippen molar-refractivity contribution in [1.82, 2.24) is 19.7 Å². The van der Waals surface area contributed by atoms with E-state index >= 15 is 0 Å². The molecule has 0 spiro atoms. The van der Waals surface area contributed by atoms with E-state index in [9.17, 15) is 27.9 Å². The van der Waals surface area contributed by atoms with Gasteiger partial charge in [-0.05, 0) is 74.3 Å². The number of halogens is 3. The Labute approximate surface area is 252 Å². The summed E-state index contributed by atoms with van der Waals surface area (Å²) in [4.78, 5) is 30.3. The SMILES string of the molecule is CC(OC1=CC=CCC1c1cccc(-n2ncc(C(=O)O)c2C(F)(F)F)n1)c1ccc(C2CCN(C(=O)C3CC3)CC2)cc1. The van der Waals surface area contributed by atoms with Crippen LogP contribution in [-0.2, 0) is 15.7 Å². The predicted molar refractivity (Wildman–Crippen MR) is 155 cm³/mol. The van der Waals surface area contributed by atoms with Crippen LogP contribution in [0.25, 0.3) is 5.82 Å². The first-order valence-electron chi connectivity index (χ1n) is 14.9. The maximum Gasteiger partial charge on any atom is 0.434 e. The van der Waals surface area contributed by atoms with Crippen molar-refractivity contribution in [3.8, 4) is 5.82 Å². The zero-order valence-electron chi connectivity index (χ0n) is 24.2. The van der Waals surface area contributed by atoms with Crippen LogP contribution in [0, 0.1) is 5.92 Å². The van der Waals surface area contributed by atoms with E-state index < -0.39 is 23.4 Å². The summed E-state index contributed by atoms with van der Waals surface area (Å²) in [6.07, 6.45) is 5.59. The number of likely N-dealkylation sites (tertiary alicyclic amines) is 1. The van der Waals surface area contributed by atoms with Gasteiger partial charge in [0.2, 0.25) is 5.91 Å². The average molecular weight is 607 g/mol. The Morgan fingerprint density at radius 3 is 2.43 bits per heavy atom. The number of benzene rings is 1. The maximum atomic E-state index is 13.8. The normalized spacial score (nSPS) is 19.9. The van der Waals surface area contributed by atoms with E-state index in [0.29, 0.717) is 40.6 Å². The number of hydrogen-bond donors (Lipinski definition) is 1. The molecule has 2 atom stereocenters. The van der Waals surface area contributed by atoms with Gasteiger partial charge in [0.15, 0.2) is 11.5 Å². The molecular weight excluding hydrogens is 573 g/mol. The fraction of sp³-hybridized carbons (Fsp3) is 0.394. The molecule has 2 aromatic heterocycles. The first kappa shape index (κ1) is 29.7. The number of carboxylic acid groups (broad SMARTS) is 1. The number of carbonyl (C=O) groups excluding carboxylic acids is 1. The number of aromatic carboxylic acids is 1. The number of hydrogen-bond acceptors (Lipinski definition) is 5. The van der Waals surface area contributed by atoms with Crippen LogP contribution in [0.4, 0.5) is 13.2 Å². The van der Waals surface area contributed by atoms with E-state index in [1.807, 2.05) is 30.1 Å². The minimum Gasteiger partial charge on any atom is -0.490 e. The van der Waals surface area contributed by atoms with Gasteiger partial charge in [0, 0.05) is 19.0 Å². The summed E-state index contributed by atoms with van der Waals surface area (Å²) in [5.74, 6) is -0.593. The summed E-state index contributed by atoms with van der Waals surface area (Å²) < 4.78 is 48.4. The van der Waals surface area contributed by atoms with Gasteiger partial charge in [-0.25, -0.2) is 14.5 Å². The second-order valence-corrected chi connectivity index (χ2v) is 11.6. The Balaban J connectivity index is 1.15. The van der Waals surface area contributed by atoms with Gasteiger partial charge in [-0.15, -0.1) is 0 Å². The first-order chi connectivity index (χ1) is 21.1. The highest BCUT2D eigenvalue weighted by Gasteiger charge is 2.41. The van der Waals surface area contributed by atoms with Gasteiger partial charge >= 0.3 is 12.1 Å². The van der Waals surface area contributed by atoms with Crippen molar-refractivity contribution in [2.45, 2.75) is 63.1 Å². The number of aromatic nitrogens is 3. The highest BCUT2D eigenvalue weighted by Crippen LogP contribution is 2.38. The lowest BCUT2D eigenvalue weighted by atomic mass is 9.88. The summed E-state index contributed by atoms with van der Waals surface area (Å²) in [6.45, 7) is 3.56. The van der Waals surface area contributed by atoms with Gasteiger partial charge < -0.3 is 14.7 Å². The third-order valence-corrected chi connectivity index (χ3v) is 8.63. The molecule has 1 amide bonds. The van der Waals surface area contributed by atoms with Gasteiger partial charge in [0.05, 0.1) is 17.8 Å². The Morgan fingerprint density at radius 2 is 1.77 bits per heavy atom. The Hall–Kier alpha value is -4.41. The molecular formula is C33H33F3N4O4. The number of pyridine rings is 1. The minimum absolute atomic E-state index is 0.136. The van der Waals surface area contributed by atoms with Crippen LogP contribution in [-0.4, -0.2) is 49.7 Å². The number of amides is 1. The largest absolute Gasteiger partial charge is 0.490 e. The van der Waals surface area contributed by atoms with Gasteiger partial charge in [0.1, 0.15) is 17.4 Å². The van der Waals surface area contributed by atoms with Gasteiger partial charge in [-0.3, -0.25) is 4.79 Å². The van der Waals surface area contributed by atoms with Crippen molar-refractivity contribution in [3.05, 3.63) is 101 Å². The molecule has 1 aromatic carbocycles. The smallest absolute Gasteiger partial charge is 0.434 e. The summed E-state index contributed by atoms with van der Waals surface area (Å²) in [6, 6.07) is 13.0. The summed E-state index contributed by atoms with van der Waals surface area (Å²) in [5.41, 5.74) is 0.384. The molecule has 8 nitrogen and oxygen atoms in total. The summed E-state index contributed by atoms with van der Waals surface area (Å²) in [5, 5.41) is 13.0. The molecule has 1 N–H and O–H groups in total. The molecule has 3 aromatic rings. The van der Waals surface area contributed by atoms with Gasteiger partial charge in [0.25, 0.3) is 0 Å². The second-order valence-electron chi connectivity index (χ2n) is 11.6. The second kappa shape index (κ2) is 11.9. The van der Waals surface area contributed by atoms with Crippen molar-refractivity contribution in [2.24, 2.45) is 5.92 Å². The number of carbonyl (C=O) groups is 2. The number of carboxylic acids is 1. The van der Waals surface area contributed by atoms with Crippen LogP contribution in [0.5, 0.6) is 0 Å². The van der Waals surface area contributed by atoms with Crippen LogP contribution in [0.15, 0.2) is 72.6 Å². The number of ether oxygens (including phenoxy) is 1. The maximum absolute atomic E-state index is 13.8. The van der Waals surface area contributed by atoms with Gasteiger partial charge in [-0.2, -0.15) is 18.3 Å². The lowest BCUT2D eigenvalue weighted by Gasteiger charge is -2.32. The third-order valence-electron chi connectivity index (χ3n) is 8.63. The zero-order chi connectivity index (χ0) is 31.0. The topological polar surface area (TPSA) is 97.6 Å². The highest BCUT2D eigenvalue weighted by molar-refractivity contribution is 5.89. The van der Waals surface area contributed by atoms with Crippen LogP contribution in [0.1, 0.15) is 89.8 Å². The van der Waals surface area contributed by atoms with Crippen molar-refractivity contribution in [1.29, 1.82) is 0 Å². The van der Waals surface area contributed by atoms with Crippen molar-refractivity contribution < 1.29 is 32.6 Å². The molecule has 0 bridgehead atoms. The van der Waals surface area contributed by atoms with Gasteiger partial charge in [-0.1, -0.05) is 42.5 Å². The van der Waals surface area contributed by atoms with Crippen LogP contribution in [0.2, 0.25) is 0 Å². The number of rotatable bonds is 8. The van der Waals surface area contributed by atoms with Crippen molar-refractivity contribution in [3.63, 3.8) is 0 Å². The van der Waals surface area contributed by atoms with E-state index in [4.69, 9.17) is 4.74 Å². The minimum atomic E-state index is -4.94. The van der Waals surface area contributed by atoms with Crippen molar-refractivity contribution in [2.75, 3.05) is 13.1 Å². The average Bonchev–Trinajstić information content (AvgIpc) is 3.77. The molecule has 0 radical (unpaired) electrons. The molecule has 11 heteroatoms. The van der Waals surface area contributed by atoms with E-state index in [-0.39, 0.29) is 23.8 Å². The lowest BCUT2D eigenvalue weighted by molar-refractivity contribution is -0.143. The molecule has 6 rings (SSSR count). The summed E-state index contributed by atoms with van der Waals surface area (Å²) >= 11 is 0. The highest BCUT2D eigenvalue weighted by atomic mass is 19.4. The molecule has 3 heterocycles. The molecule has 3 aliphatic rings. The van der Waals surface area contributed by atoms with Crippen LogP contribution in [0.3, 0.4) is 0 Å². The first-order valence-corrected chi connectivity index (χ1v) is 14.9. The molecule has 44 heavy (non-hydrogen) atoms. The molecule has 1 aliphatic heterocycles. The van der Waals surface area contributed by atoms with E-state index in [1.165, 1.54) is 11.6 Å². The monoisotopic (exact) mass is 606 g/mol. The Morgan fingerprint density at radius 1 is 1.05 bits per heavy atom. The Bertz CT molecular complexity index is 1600. The molecule has 1 saturated carbocycles. The number of allylic oxidation sites excluding steroid dienone is 4. The van der Waals surface area contributed by atoms with E-state index in [1.54, 1.807) is 12.1 Å². The lowest BCUT2D eigenvalue weighted by Crippen LogP contribution is -2.38. The summed E-state index contributed by atoms with van der Waals surface area (Å²) in [7, 11) is 0. The molecule has 230 valence electrons. The third kappa shape index (κ3) is 6.13. The molecule has 2 fully saturated rings. The zero-order valence-corrected chi connectivity index (χ0v) is 24.2. The van der Waals surface area contributed by atoms with E-state index in [0.717, 1.165) is 44.3 Å². The predicted octanol–water partition coefficient (Wildman–Crippen LogP) is 6.81. The Kier molecular flexibility index (Phi) is 8.04. The van der Waals surface area contributed by atoms with Crippen molar-refractivity contribution >= 4 is 11.9 Å². The number of piperidine rings is 1.